The lowest BCUT2D eigenvalue weighted by Gasteiger charge is -1.96. The van der Waals surface area contributed by atoms with Crippen LogP contribution in [0.5, 0.6) is 0 Å². The van der Waals surface area contributed by atoms with Gasteiger partial charge >= 0.3 is 5.97 Å². The molecule has 5 nitrogen and oxygen atoms in total. The highest BCUT2D eigenvalue weighted by Crippen LogP contribution is 2.13. The fourth-order valence-corrected chi connectivity index (χ4v) is 2.17. The predicted octanol–water partition coefficient (Wildman–Crippen LogP) is 3.73. The second-order valence-corrected chi connectivity index (χ2v) is 5.23. The molecule has 0 amide bonds. The number of rotatable bonds is 4. The van der Waals surface area contributed by atoms with Gasteiger partial charge in [-0.2, -0.15) is 5.10 Å². The number of nitrogens with zero attached hydrogens (tertiary/aromatic N) is 3. The monoisotopic (exact) mass is 327 g/mol. The number of carbonyl (C=O) groups excluding carboxylic acids is 1. The molecular weight excluding hydrogens is 314 g/mol. The highest BCUT2D eigenvalue weighted by Gasteiger charge is 2.11. The van der Waals surface area contributed by atoms with Gasteiger partial charge in [0.1, 0.15) is 0 Å². The maximum atomic E-state index is 11.7. The highest BCUT2D eigenvalue weighted by atomic mass is 35.5. The van der Waals surface area contributed by atoms with Gasteiger partial charge < -0.3 is 4.74 Å². The van der Waals surface area contributed by atoms with Crippen molar-refractivity contribution in [3.63, 3.8) is 0 Å². The molecule has 1 aromatic carbocycles. The van der Waals surface area contributed by atoms with Crippen molar-refractivity contribution in [2.45, 2.75) is 6.92 Å². The molecule has 0 N–H and O–H groups in total. The van der Waals surface area contributed by atoms with Gasteiger partial charge in [0.05, 0.1) is 18.5 Å². The standard InChI is InChI=1S/C17H14ClN3O2/c1-2-23-17(22)15-11-21-16(19-15)10-9-14(20-21)8-5-12-3-6-13(18)7-4-12/h3-11H,2H2,1H3/b8-5+. The molecule has 0 saturated heterocycles. The van der Waals surface area contributed by atoms with Crippen LogP contribution in [0.25, 0.3) is 17.8 Å². The molecule has 0 atom stereocenters. The predicted molar refractivity (Wildman–Crippen MR) is 89.3 cm³/mol. The molecule has 0 spiro atoms. The summed E-state index contributed by atoms with van der Waals surface area (Å²) in [7, 11) is 0. The van der Waals surface area contributed by atoms with E-state index in [0.717, 1.165) is 11.3 Å². The van der Waals surface area contributed by atoms with Crippen molar-refractivity contribution in [2.24, 2.45) is 0 Å². The van der Waals surface area contributed by atoms with Gasteiger partial charge in [0, 0.05) is 5.02 Å². The number of esters is 1. The molecule has 0 unspecified atom stereocenters. The number of imidazole rings is 1. The Balaban J connectivity index is 1.84. The SMILES string of the molecule is CCOC(=O)c1cn2nc(/C=C/c3ccc(Cl)cc3)ccc2n1. The molecule has 3 rings (SSSR count). The van der Waals surface area contributed by atoms with Crippen LogP contribution in [0.3, 0.4) is 0 Å². The Morgan fingerprint density at radius 3 is 2.74 bits per heavy atom. The maximum absolute atomic E-state index is 11.7. The number of carbonyl (C=O) groups is 1. The normalized spacial score (nSPS) is 11.2. The third kappa shape index (κ3) is 3.57. The van der Waals surface area contributed by atoms with Crippen molar-refractivity contribution in [2.75, 3.05) is 6.61 Å². The van der Waals surface area contributed by atoms with Crippen LogP contribution in [0, 0.1) is 0 Å². The molecule has 3 aromatic rings. The van der Waals surface area contributed by atoms with Crippen molar-refractivity contribution < 1.29 is 9.53 Å². The second-order valence-electron chi connectivity index (χ2n) is 4.79. The zero-order valence-electron chi connectivity index (χ0n) is 12.4. The van der Waals surface area contributed by atoms with E-state index >= 15 is 0 Å². The molecule has 0 saturated carbocycles. The van der Waals surface area contributed by atoms with Crippen LogP contribution in [0.2, 0.25) is 5.02 Å². The number of aromatic nitrogens is 3. The minimum absolute atomic E-state index is 0.248. The first-order valence-corrected chi connectivity index (χ1v) is 7.51. The van der Waals surface area contributed by atoms with Crippen LogP contribution in [0.4, 0.5) is 0 Å². The lowest BCUT2D eigenvalue weighted by atomic mass is 10.2. The minimum Gasteiger partial charge on any atom is -0.461 e. The third-order valence-corrected chi connectivity index (χ3v) is 3.39. The van der Waals surface area contributed by atoms with E-state index < -0.39 is 5.97 Å². The van der Waals surface area contributed by atoms with Crippen molar-refractivity contribution in [1.82, 2.24) is 14.6 Å². The fourth-order valence-electron chi connectivity index (χ4n) is 2.04. The van der Waals surface area contributed by atoms with E-state index in [2.05, 4.69) is 10.1 Å². The lowest BCUT2D eigenvalue weighted by Crippen LogP contribution is -2.04. The van der Waals surface area contributed by atoms with Crippen molar-refractivity contribution in [1.29, 1.82) is 0 Å². The molecule has 0 fully saturated rings. The molecule has 2 aromatic heterocycles. The Hall–Kier alpha value is -2.66. The number of hydrogen-bond donors (Lipinski definition) is 0. The lowest BCUT2D eigenvalue weighted by molar-refractivity contribution is 0.0520. The summed E-state index contributed by atoms with van der Waals surface area (Å²) in [5, 5.41) is 5.11. The van der Waals surface area contributed by atoms with E-state index in [0.29, 0.717) is 17.3 Å². The Kier molecular flexibility index (Phi) is 4.39. The van der Waals surface area contributed by atoms with E-state index in [1.54, 1.807) is 23.7 Å². The molecule has 2 heterocycles. The molecule has 23 heavy (non-hydrogen) atoms. The van der Waals surface area contributed by atoms with Gasteiger partial charge in [0.25, 0.3) is 0 Å². The molecule has 0 aliphatic heterocycles. The first-order valence-electron chi connectivity index (χ1n) is 7.13. The van der Waals surface area contributed by atoms with E-state index in [9.17, 15) is 4.79 Å². The van der Waals surface area contributed by atoms with Crippen molar-refractivity contribution in [3.05, 3.63) is 64.6 Å². The summed E-state index contributed by atoms with van der Waals surface area (Å²) in [6.45, 7) is 2.07. The average Bonchev–Trinajstić information content (AvgIpc) is 2.98. The number of fused-ring (bicyclic) bond motifs is 1. The minimum atomic E-state index is -0.448. The summed E-state index contributed by atoms with van der Waals surface area (Å²) in [4.78, 5) is 15.9. The summed E-state index contributed by atoms with van der Waals surface area (Å²) >= 11 is 5.86. The van der Waals surface area contributed by atoms with Crippen LogP contribution < -0.4 is 0 Å². The van der Waals surface area contributed by atoms with Crippen LogP contribution >= 0.6 is 11.6 Å². The first kappa shape index (κ1) is 15.2. The van der Waals surface area contributed by atoms with Gasteiger partial charge in [0.15, 0.2) is 11.3 Å². The van der Waals surface area contributed by atoms with Gasteiger partial charge in [0.2, 0.25) is 0 Å². The third-order valence-electron chi connectivity index (χ3n) is 3.14. The summed E-state index contributed by atoms with van der Waals surface area (Å²) in [5.74, 6) is -0.448. The quantitative estimate of drug-likeness (QED) is 0.685. The molecular formula is C17H14ClN3O2. The topological polar surface area (TPSA) is 56.5 Å². The number of ether oxygens (including phenoxy) is 1. The van der Waals surface area contributed by atoms with E-state index in [1.807, 2.05) is 42.5 Å². The Morgan fingerprint density at radius 2 is 2.00 bits per heavy atom. The molecule has 0 bridgehead atoms. The Morgan fingerprint density at radius 1 is 1.22 bits per heavy atom. The molecule has 0 aliphatic carbocycles. The van der Waals surface area contributed by atoms with Crippen molar-refractivity contribution >= 4 is 35.4 Å². The van der Waals surface area contributed by atoms with Crippen LogP contribution in [-0.4, -0.2) is 27.2 Å². The zero-order valence-corrected chi connectivity index (χ0v) is 13.2. The largest absolute Gasteiger partial charge is 0.461 e. The van der Waals surface area contributed by atoms with Crippen LogP contribution in [-0.2, 0) is 4.74 Å². The Bertz CT molecular complexity index is 869. The van der Waals surface area contributed by atoms with E-state index in [4.69, 9.17) is 16.3 Å². The zero-order chi connectivity index (χ0) is 16.2. The van der Waals surface area contributed by atoms with Gasteiger partial charge in [-0.15, -0.1) is 0 Å². The Labute approximate surface area is 138 Å². The van der Waals surface area contributed by atoms with Gasteiger partial charge in [-0.1, -0.05) is 29.8 Å². The van der Waals surface area contributed by atoms with Crippen LogP contribution in [0.15, 0.2) is 42.6 Å². The number of halogens is 1. The summed E-state index contributed by atoms with van der Waals surface area (Å²) in [6, 6.07) is 11.2. The number of benzene rings is 1. The van der Waals surface area contributed by atoms with Gasteiger partial charge in [-0.3, -0.25) is 0 Å². The van der Waals surface area contributed by atoms with Gasteiger partial charge in [-0.25, -0.2) is 14.3 Å². The van der Waals surface area contributed by atoms with E-state index in [1.165, 1.54) is 0 Å². The maximum Gasteiger partial charge on any atom is 0.358 e. The van der Waals surface area contributed by atoms with E-state index in [-0.39, 0.29) is 5.69 Å². The average molecular weight is 328 g/mol. The smallest absolute Gasteiger partial charge is 0.358 e. The summed E-state index contributed by atoms with van der Waals surface area (Å²) in [6.07, 6.45) is 5.38. The molecule has 0 aliphatic rings. The highest BCUT2D eigenvalue weighted by molar-refractivity contribution is 6.30. The summed E-state index contributed by atoms with van der Waals surface area (Å²) < 4.78 is 6.50. The summed E-state index contributed by atoms with van der Waals surface area (Å²) in [5.41, 5.74) is 2.62. The van der Waals surface area contributed by atoms with Gasteiger partial charge in [-0.05, 0) is 42.8 Å². The van der Waals surface area contributed by atoms with Crippen LogP contribution in [0.1, 0.15) is 28.7 Å². The second kappa shape index (κ2) is 6.62. The first-order chi connectivity index (χ1) is 11.2. The number of hydrogen-bond acceptors (Lipinski definition) is 4. The van der Waals surface area contributed by atoms with Crippen molar-refractivity contribution in [3.8, 4) is 0 Å². The molecule has 116 valence electrons. The fraction of sp³-hybridized carbons (Fsp3) is 0.118. The molecule has 6 heteroatoms. The molecule has 0 radical (unpaired) electrons.